The van der Waals surface area contributed by atoms with Gasteiger partial charge in [0.25, 0.3) is 5.56 Å². The van der Waals surface area contributed by atoms with E-state index in [2.05, 4.69) is 9.97 Å². The molecule has 0 spiro atoms. The van der Waals surface area contributed by atoms with Crippen LogP contribution in [0.15, 0.2) is 35.4 Å². The Kier molecular flexibility index (Phi) is 4.91. The molecule has 0 saturated heterocycles. The van der Waals surface area contributed by atoms with Gasteiger partial charge in [0.05, 0.1) is 11.3 Å². The van der Waals surface area contributed by atoms with Gasteiger partial charge in [-0.15, -0.1) is 0 Å². The number of halogens is 3. The minimum atomic E-state index is -0.810. The van der Waals surface area contributed by atoms with Crippen LogP contribution in [-0.2, 0) is 13.6 Å². The van der Waals surface area contributed by atoms with Crippen LogP contribution in [0, 0.1) is 17.6 Å². The van der Waals surface area contributed by atoms with Crippen molar-refractivity contribution in [3.63, 3.8) is 0 Å². The molecule has 0 radical (unpaired) electrons. The molecule has 0 unspecified atom stereocenters. The van der Waals surface area contributed by atoms with Crippen molar-refractivity contribution in [1.82, 2.24) is 19.1 Å². The fourth-order valence-corrected chi connectivity index (χ4v) is 3.06. The Bertz CT molecular complexity index is 1010. The van der Waals surface area contributed by atoms with Gasteiger partial charge in [0.2, 0.25) is 0 Å². The monoisotopic (exact) mass is 378 g/mol. The van der Waals surface area contributed by atoms with Gasteiger partial charge < -0.3 is 9.13 Å². The predicted octanol–water partition coefficient (Wildman–Crippen LogP) is 3.90. The Morgan fingerprint density at radius 1 is 1.23 bits per heavy atom. The van der Waals surface area contributed by atoms with E-state index in [0.29, 0.717) is 5.82 Å². The van der Waals surface area contributed by atoms with Crippen LogP contribution >= 0.6 is 11.6 Å². The highest BCUT2D eigenvalue weighted by molar-refractivity contribution is 6.32. The number of benzene rings is 1. The lowest BCUT2D eigenvalue weighted by Gasteiger charge is -2.18. The molecule has 0 saturated carbocycles. The van der Waals surface area contributed by atoms with E-state index in [9.17, 15) is 13.6 Å². The Labute approximate surface area is 153 Å². The van der Waals surface area contributed by atoms with Crippen molar-refractivity contribution in [2.75, 3.05) is 0 Å². The van der Waals surface area contributed by atoms with Crippen LogP contribution in [0.3, 0.4) is 0 Å². The van der Waals surface area contributed by atoms with Crippen LogP contribution < -0.4 is 5.56 Å². The molecule has 2 aromatic heterocycles. The molecule has 0 amide bonds. The van der Waals surface area contributed by atoms with E-state index in [1.165, 1.54) is 16.8 Å². The molecule has 3 aromatic rings. The molecule has 26 heavy (non-hydrogen) atoms. The minimum absolute atomic E-state index is 0.0312. The smallest absolute Gasteiger partial charge is 0.280 e. The minimum Gasteiger partial charge on any atom is -0.333 e. The standard InChI is InChI=1S/C18H17ClF2N4O/c1-10(2)9-25-15(13-11(20)5-4-6-12(13)21)16(19)23-14(18(25)26)17-22-7-8-24(17)3/h4-8,10H,9H2,1-3H3. The lowest BCUT2D eigenvalue weighted by atomic mass is 10.1. The summed E-state index contributed by atoms with van der Waals surface area (Å²) in [5.74, 6) is -1.25. The van der Waals surface area contributed by atoms with Gasteiger partial charge in [-0.25, -0.2) is 18.7 Å². The van der Waals surface area contributed by atoms with Crippen molar-refractivity contribution in [2.45, 2.75) is 20.4 Å². The van der Waals surface area contributed by atoms with E-state index in [-0.39, 0.29) is 34.6 Å². The summed E-state index contributed by atoms with van der Waals surface area (Å²) in [7, 11) is 1.72. The van der Waals surface area contributed by atoms with E-state index < -0.39 is 17.2 Å². The number of nitrogens with zero attached hydrogens (tertiary/aromatic N) is 4. The van der Waals surface area contributed by atoms with Gasteiger partial charge in [-0.1, -0.05) is 31.5 Å². The molecule has 1 aromatic carbocycles. The van der Waals surface area contributed by atoms with E-state index in [1.54, 1.807) is 17.8 Å². The largest absolute Gasteiger partial charge is 0.333 e. The highest BCUT2D eigenvalue weighted by atomic mass is 35.5. The predicted molar refractivity (Wildman–Crippen MR) is 95.9 cm³/mol. The maximum Gasteiger partial charge on any atom is 0.280 e. The highest BCUT2D eigenvalue weighted by Gasteiger charge is 2.24. The van der Waals surface area contributed by atoms with Crippen LogP contribution in [-0.4, -0.2) is 19.1 Å². The first kappa shape index (κ1) is 18.3. The van der Waals surface area contributed by atoms with Gasteiger partial charge in [0.1, 0.15) is 11.6 Å². The zero-order chi connectivity index (χ0) is 19.0. The third-order valence-electron chi connectivity index (χ3n) is 3.90. The van der Waals surface area contributed by atoms with Crippen molar-refractivity contribution >= 4 is 11.6 Å². The molecular formula is C18H17ClF2N4O. The van der Waals surface area contributed by atoms with Crippen molar-refractivity contribution in [3.05, 3.63) is 57.7 Å². The topological polar surface area (TPSA) is 52.7 Å². The fraction of sp³-hybridized carbons (Fsp3) is 0.278. The van der Waals surface area contributed by atoms with Gasteiger partial charge in [0.15, 0.2) is 16.7 Å². The molecule has 0 aliphatic heterocycles. The molecular weight excluding hydrogens is 362 g/mol. The fourth-order valence-electron chi connectivity index (χ4n) is 2.78. The van der Waals surface area contributed by atoms with E-state index >= 15 is 0 Å². The quantitative estimate of drug-likeness (QED) is 0.692. The van der Waals surface area contributed by atoms with E-state index in [0.717, 1.165) is 12.1 Å². The molecule has 0 bridgehead atoms. The molecule has 0 aliphatic carbocycles. The number of hydrogen-bond acceptors (Lipinski definition) is 3. The maximum atomic E-state index is 14.3. The van der Waals surface area contributed by atoms with E-state index in [4.69, 9.17) is 11.6 Å². The van der Waals surface area contributed by atoms with Crippen LogP contribution in [0.4, 0.5) is 8.78 Å². The Balaban J connectivity index is 2.38. The maximum absolute atomic E-state index is 14.3. The normalized spacial score (nSPS) is 11.3. The summed E-state index contributed by atoms with van der Waals surface area (Å²) in [6.45, 7) is 4.01. The first-order valence-electron chi connectivity index (χ1n) is 8.03. The number of hydrogen-bond donors (Lipinski definition) is 0. The lowest BCUT2D eigenvalue weighted by molar-refractivity contribution is 0.509. The van der Waals surface area contributed by atoms with E-state index in [1.807, 2.05) is 13.8 Å². The molecule has 0 aliphatic rings. The molecule has 136 valence electrons. The zero-order valence-electron chi connectivity index (χ0n) is 14.5. The van der Waals surface area contributed by atoms with Gasteiger partial charge in [-0.3, -0.25) is 4.79 Å². The van der Waals surface area contributed by atoms with Crippen LogP contribution in [0.2, 0.25) is 5.15 Å². The number of imidazole rings is 1. The average molecular weight is 379 g/mol. The Morgan fingerprint density at radius 2 is 1.88 bits per heavy atom. The second kappa shape index (κ2) is 6.99. The van der Waals surface area contributed by atoms with Crippen LogP contribution in [0.25, 0.3) is 22.8 Å². The summed E-state index contributed by atoms with van der Waals surface area (Å²) in [6, 6.07) is 3.49. The van der Waals surface area contributed by atoms with Crippen molar-refractivity contribution in [2.24, 2.45) is 13.0 Å². The molecule has 8 heteroatoms. The lowest BCUT2D eigenvalue weighted by Crippen LogP contribution is -2.28. The summed E-state index contributed by atoms with van der Waals surface area (Å²) >= 11 is 6.30. The third kappa shape index (κ3) is 3.14. The molecule has 2 heterocycles. The molecule has 0 atom stereocenters. The average Bonchev–Trinajstić information content (AvgIpc) is 2.98. The van der Waals surface area contributed by atoms with Crippen molar-refractivity contribution in [3.8, 4) is 22.8 Å². The third-order valence-corrected chi connectivity index (χ3v) is 4.17. The first-order chi connectivity index (χ1) is 12.3. The highest BCUT2D eigenvalue weighted by Crippen LogP contribution is 2.31. The first-order valence-corrected chi connectivity index (χ1v) is 8.41. The van der Waals surface area contributed by atoms with Gasteiger partial charge >= 0.3 is 0 Å². The van der Waals surface area contributed by atoms with Gasteiger partial charge in [0, 0.05) is 26.0 Å². The van der Waals surface area contributed by atoms with Gasteiger partial charge in [-0.2, -0.15) is 0 Å². The summed E-state index contributed by atoms with van der Waals surface area (Å²) in [5.41, 5.74) is -0.910. The van der Waals surface area contributed by atoms with Crippen LogP contribution in [0.1, 0.15) is 13.8 Å². The summed E-state index contributed by atoms with van der Waals surface area (Å²) in [6.07, 6.45) is 3.20. The number of rotatable bonds is 4. The summed E-state index contributed by atoms with van der Waals surface area (Å²) in [4.78, 5) is 21.3. The molecule has 5 nitrogen and oxygen atoms in total. The Hall–Kier alpha value is -2.54. The number of aryl methyl sites for hydroxylation is 1. The summed E-state index contributed by atoms with van der Waals surface area (Å²) < 4.78 is 31.6. The van der Waals surface area contributed by atoms with Gasteiger partial charge in [-0.05, 0) is 18.1 Å². The van der Waals surface area contributed by atoms with Crippen molar-refractivity contribution < 1.29 is 8.78 Å². The molecule has 0 N–H and O–H groups in total. The van der Waals surface area contributed by atoms with Crippen LogP contribution in [0.5, 0.6) is 0 Å². The number of aromatic nitrogens is 4. The zero-order valence-corrected chi connectivity index (χ0v) is 15.3. The Morgan fingerprint density at radius 3 is 2.42 bits per heavy atom. The molecule has 0 fully saturated rings. The van der Waals surface area contributed by atoms with Crippen molar-refractivity contribution in [1.29, 1.82) is 0 Å². The second-order valence-corrected chi connectivity index (χ2v) is 6.73. The SMILES string of the molecule is CC(C)Cn1c(-c2c(F)cccc2F)c(Cl)nc(-c2nccn2C)c1=O. The summed E-state index contributed by atoms with van der Waals surface area (Å²) in [5, 5.41) is -0.160. The molecule has 3 rings (SSSR count). The second-order valence-electron chi connectivity index (χ2n) is 6.37.